The number of aryl methyl sites for hydroxylation is 2. The molecule has 0 saturated heterocycles. The third kappa shape index (κ3) is 6.02. The van der Waals surface area contributed by atoms with E-state index >= 15 is 0 Å². The molecule has 2 atom stereocenters. The minimum Gasteiger partial charge on any atom is -0.593 e. The Balaban J connectivity index is 1.49. The molecule has 3 rings (SSSR count). The van der Waals surface area contributed by atoms with Gasteiger partial charge in [0.25, 0.3) is 0 Å². The van der Waals surface area contributed by atoms with Crippen molar-refractivity contribution in [3.05, 3.63) is 28.3 Å². The summed E-state index contributed by atoms with van der Waals surface area (Å²) in [6, 6.07) is 1.79. The van der Waals surface area contributed by atoms with Gasteiger partial charge in [-0.25, -0.2) is 4.79 Å². The van der Waals surface area contributed by atoms with Crippen molar-refractivity contribution in [1.29, 1.82) is 0 Å². The van der Waals surface area contributed by atoms with Crippen molar-refractivity contribution in [2.75, 3.05) is 18.4 Å². The molecule has 0 aliphatic heterocycles. The highest BCUT2D eigenvalue weighted by molar-refractivity contribution is 7.90. The normalized spacial score (nSPS) is 17.6. The van der Waals surface area contributed by atoms with Crippen LogP contribution < -0.4 is 15.4 Å². The molecule has 2 aliphatic carbocycles. The van der Waals surface area contributed by atoms with E-state index in [9.17, 15) is 22.5 Å². The predicted octanol–water partition coefficient (Wildman–Crippen LogP) is 3.77. The maximum absolute atomic E-state index is 12.5. The predicted molar refractivity (Wildman–Crippen MR) is 108 cm³/mol. The number of carbonyl (C=O) groups is 1. The number of amides is 2. The van der Waals surface area contributed by atoms with Crippen LogP contribution in [0.5, 0.6) is 0 Å². The highest BCUT2D eigenvalue weighted by atomic mass is 32.2. The first-order valence-corrected chi connectivity index (χ1v) is 11.4. The molecule has 1 aromatic rings. The zero-order chi connectivity index (χ0) is 21.0. The van der Waals surface area contributed by atoms with Crippen molar-refractivity contribution < 1.29 is 22.5 Å². The summed E-state index contributed by atoms with van der Waals surface area (Å²) in [7, 11) is 0. The topological polar surface area (TPSA) is 76.2 Å². The van der Waals surface area contributed by atoms with Crippen molar-refractivity contribution in [3.8, 4) is 0 Å². The van der Waals surface area contributed by atoms with Gasteiger partial charge in [0.1, 0.15) is 5.25 Å². The summed E-state index contributed by atoms with van der Waals surface area (Å²) in [5.41, 5.74) is 5.91. The van der Waals surface area contributed by atoms with Crippen molar-refractivity contribution in [3.63, 3.8) is 0 Å². The Kier molecular flexibility index (Phi) is 7.34. The molecule has 9 heteroatoms. The molecule has 1 aromatic carbocycles. The number of rotatable bonds is 8. The highest BCUT2D eigenvalue weighted by Gasteiger charge is 2.28. The Bertz CT molecular complexity index is 710. The summed E-state index contributed by atoms with van der Waals surface area (Å²) in [6.07, 6.45) is 1.45. The fraction of sp³-hybridized carbons (Fsp3) is 0.650. The molecule has 162 valence electrons. The number of anilines is 1. The molecule has 0 heterocycles. The van der Waals surface area contributed by atoms with E-state index < -0.39 is 30.0 Å². The molecule has 0 radical (unpaired) electrons. The molecule has 0 aromatic heterocycles. The Morgan fingerprint density at radius 2 is 1.76 bits per heavy atom. The molecule has 2 aliphatic rings. The number of carbonyl (C=O) groups excluding carboxylic acids is 1. The van der Waals surface area contributed by atoms with Crippen molar-refractivity contribution in [2.24, 2.45) is 0 Å². The number of hydrogen-bond donors (Lipinski definition) is 3. The van der Waals surface area contributed by atoms with Crippen LogP contribution in [0, 0.1) is 0 Å². The molecule has 2 amide bonds. The van der Waals surface area contributed by atoms with Gasteiger partial charge in [-0.15, -0.1) is 0 Å². The van der Waals surface area contributed by atoms with Crippen LogP contribution in [0.3, 0.4) is 0 Å². The third-order valence-electron chi connectivity index (χ3n) is 5.58. The van der Waals surface area contributed by atoms with Gasteiger partial charge >= 0.3 is 12.2 Å². The van der Waals surface area contributed by atoms with E-state index in [-0.39, 0.29) is 11.8 Å². The average Bonchev–Trinajstić information content (AvgIpc) is 3.28. The van der Waals surface area contributed by atoms with Crippen molar-refractivity contribution in [2.45, 2.75) is 69.7 Å². The minimum absolute atomic E-state index is 0.166. The summed E-state index contributed by atoms with van der Waals surface area (Å²) < 4.78 is 51.2. The number of fused-ring (bicyclic) bond motifs is 2. The van der Waals surface area contributed by atoms with Gasteiger partial charge in [-0.3, -0.25) is 0 Å². The fourth-order valence-electron chi connectivity index (χ4n) is 4.07. The van der Waals surface area contributed by atoms with Gasteiger partial charge in [0.15, 0.2) is 0 Å². The van der Waals surface area contributed by atoms with Gasteiger partial charge in [-0.1, -0.05) is 6.07 Å². The van der Waals surface area contributed by atoms with E-state index in [1.807, 2.05) is 0 Å². The molecule has 0 spiro atoms. The first-order valence-electron chi connectivity index (χ1n) is 10.2. The zero-order valence-corrected chi connectivity index (χ0v) is 17.4. The standard InChI is InChI=1S/C20H28F3N3O2S/c1-13(8-10-24-11-9-20(21,22)23)29(28)26-19(27)25-18-16-6-2-4-14(16)12-15-5-3-7-17(15)18/h12-13,24H,2-11H2,1H3,(H2,25,26,27). The summed E-state index contributed by atoms with van der Waals surface area (Å²) in [5.74, 6) is 0. The second-order valence-electron chi connectivity index (χ2n) is 7.80. The van der Waals surface area contributed by atoms with Gasteiger partial charge in [0.2, 0.25) is 0 Å². The number of hydrogen-bond acceptors (Lipinski definition) is 3. The Hall–Kier alpha value is -1.45. The Morgan fingerprint density at radius 3 is 2.34 bits per heavy atom. The third-order valence-corrected chi connectivity index (χ3v) is 6.94. The average molecular weight is 432 g/mol. The smallest absolute Gasteiger partial charge is 0.390 e. The molecule has 0 saturated carbocycles. The lowest BCUT2D eigenvalue weighted by molar-refractivity contribution is -0.133. The van der Waals surface area contributed by atoms with Gasteiger partial charge < -0.3 is 15.2 Å². The van der Waals surface area contributed by atoms with Crippen molar-refractivity contribution in [1.82, 2.24) is 10.0 Å². The number of benzene rings is 1. The molecule has 0 fully saturated rings. The number of urea groups is 1. The SMILES string of the molecule is CC(CCNCCC(F)(F)F)[S+]([O-])NC(=O)Nc1c2c(cc3c1CCC3)CCC2. The molecule has 29 heavy (non-hydrogen) atoms. The summed E-state index contributed by atoms with van der Waals surface area (Å²) in [5, 5.41) is 5.26. The van der Waals surface area contributed by atoms with Crippen LogP contribution in [0.15, 0.2) is 6.07 Å². The Morgan fingerprint density at radius 1 is 1.14 bits per heavy atom. The van der Waals surface area contributed by atoms with E-state index in [0.29, 0.717) is 13.0 Å². The van der Waals surface area contributed by atoms with Gasteiger partial charge in [0.05, 0.1) is 17.8 Å². The van der Waals surface area contributed by atoms with E-state index in [2.05, 4.69) is 21.4 Å². The quantitative estimate of drug-likeness (QED) is 0.433. The largest absolute Gasteiger partial charge is 0.593 e. The highest BCUT2D eigenvalue weighted by Crippen LogP contribution is 2.38. The van der Waals surface area contributed by atoms with Crippen LogP contribution in [0.25, 0.3) is 0 Å². The number of halogens is 3. The summed E-state index contributed by atoms with van der Waals surface area (Å²) >= 11 is -1.61. The molecular formula is C20H28F3N3O2S. The first-order chi connectivity index (χ1) is 13.7. The van der Waals surface area contributed by atoms with Crippen LogP contribution >= 0.6 is 0 Å². The Labute approximate surface area is 172 Å². The lowest BCUT2D eigenvalue weighted by Crippen LogP contribution is -2.41. The maximum atomic E-state index is 12.5. The lowest BCUT2D eigenvalue weighted by Gasteiger charge is -2.20. The monoisotopic (exact) mass is 431 g/mol. The lowest BCUT2D eigenvalue weighted by atomic mass is 9.99. The van der Waals surface area contributed by atoms with E-state index in [0.717, 1.165) is 44.2 Å². The summed E-state index contributed by atoms with van der Waals surface area (Å²) in [4.78, 5) is 12.5. The maximum Gasteiger partial charge on any atom is 0.390 e. The molecule has 2 unspecified atom stereocenters. The minimum atomic E-state index is -4.18. The van der Waals surface area contributed by atoms with Crippen LogP contribution in [0.2, 0.25) is 0 Å². The molecule has 5 nitrogen and oxygen atoms in total. The first kappa shape index (κ1) is 22.2. The van der Waals surface area contributed by atoms with Crippen LogP contribution in [-0.2, 0) is 37.0 Å². The van der Waals surface area contributed by atoms with Gasteiger partial charge in [-0.2, -0.15) is 17.9 Å². The molecule has 0 bridgehead atoms. The van der Waals surface area contributed by atoms with Crippen LogP contribution in [-0.4, -0.2) is 35.1 Å². The second kappa shape index (κ2) is 9.57. The zero-order valence-electron chi connectivity index (χ0n) is 16.6. The fourth-order valence-corrected chi connectivity index (χ4v) is 4.83. The second-order valence-corrected chi connectivity index (χ2v) is 9.41. The number of alkyl halides is 3. The van der Waals surface area contributed by atoms with E-state index in [4.69, 9.17) is 0 Å². The van der Waals surface area contributed by atoms with E-state index in [1.54, 1.807) is 6.92 Å². The van der Waals surface area contributed by atoms with Crippen molar-refractivity contribution >= 4 is 23.1 Å². The van der Waals surface area contributed by atoms with Gasteiger partial charge in [0, 0.05) is 18.7 Å². The molecule has 3 N–H and O–H groups in total. The number of nitrogens with one attached hydrogen (secondary N) is 3. The van der Waals surface area contributed by atoms with Crippen LogP contribution in [0.1, 0.15) is 54.9 Å². The van der Waals surface area contributed by atoms with Crippen LogP contribution in [0.4, 0.5) is 23.7 Å². The van der Waals surface area contributed by atoms with Gasteiger partial charge in [-0.05, 0) is 74.2 Å². The van der Waals surface area contributed by atoms with E-state index in [1.165, 1.54) is 22.3 Å². The summed E-state index contributed by atoms with van der Waals surface area (Å²) in [6.45, 7) is 1.85. The molecular weight excluding hydrogens is 403 g/mol.